The van der Waals surface area contributed by atoms with E-state index in [9.17, 15) is 10.1 Å². The summed E-state index contributed by atoms with van der Waals surface area (Å²) in [6.07, 6.45) is 3.73. The summed E-state index contributed by atoms with van der Waals surface area (Å²) in [4.78, 5) is 9.68. The van der Waals surface area contributed by atoms with Gasteiger partial charge in [0.25, 0.3) is 5.69 Å². The molecular formula is C11H14ClNO3. The van der Waals surface area contributed by atoms with E-state index in [4.69, 9.17) is 16.3 Å². The lowest BCUT2D eigenvalue weighted by Crippen LogP contribution is -1.83. The van der Waals surface area contributed by atoms with Crippen LogP contribution < -0.4 is 4.74 Å². The summed E-state index contributed by atoms with van der Waals surface area (Å²) in [7, 11) is 0. The Balaban J connectivity index is 0.000000187. The van der Waals surface area contributed by atoms with Gasteiger partial charge in [0.2, 0.25) is 0 Å². The predicted octanol–water partition coefficient (Wildman–Crippen LogP) is 4.12. The van der Waals surface area contributed by atoms with Gasteiger partial charge < -0.3 is 4.74 Å². The highest BCUT2D eigenvalue weighted by Crippen LogP contribution is 2.46. The molecule has 0 N–H and O–H groups in total. The van der Waals surface area contributed by atoms with E-state index in [0.717, 1.165) is 11.6 Å². The van der Waals surface area contributed by atoms with E-state index >= 15 is 0 Å². The fourth-order valence-electron chi connectivity index (χ4n) is 1.11. The number of halogens is 1. The molecule has 1 heterocycles. The second-order valence-electron chi connectivity index (χ2n) is 3.39. The second-order valence-corrected chi connectivity index (χ2v) is 3.76. The Morgan fingerprint density at radius 2 is 2.12 bits per heavy atom. The second kappa shape index (κ2) is 6.33. The molecule has 0 radical (unpaired) electrons. The zero-order valence-corrected chi connectivity index (χ0v) is 9.87. The fourth-order valence-corrected chi connectivity index (χ4v) is 1.30. The number of benzene rings is 1. The molecule has 0 fully saturated rings. The zero-order chi connectivity index (χ0) is 12.0. The summed E-state index contributed by atoms with van der Waals surface area (Å²) < 4.78 is 4.82. The number of hydrogen-bond acceptors (Lipinski definition) is 3. The normalized spacial score (nSPS) is 10.6. The third kappa shape index (κ3) is 4.06. The lowest BCUT2D eigenvalue weighted by molar-refractivity contribution is -0.384. The minimum Gasteiger partial charge on any atom is -0.449 e. The first kappa shape index (κ1) is 12.8. The Morgan fingerprint density at radius 3 is 2.56 bits per heavy atom. The number of alkyl halides is 1. The lowest BCUT2D eigenvalue weighted by Gasteiger charge is -1.84. The van der Waals surface area contributed by atoms with Gasteiger partial charge in [0.05, 0.1) is 11.0 Å². The topological polar surface area (TPSA) is 55.7 Å². The van der Waals surface area contributed by atoms with Crippen LogP contribution in [0.15, 0.2) is 18.2 Å². The molecule has 5 heteroatoms. The molecule has 0 amide bonds. The van der Waals surface area contributed by atoms with Gasteiger partial charge in [-0.25, -0.2) is 0 Å². The molecule has 2 rings (SSSR count). The Kier molecular flexibility index (Phi) is 5.05. The molecule has 1 aromatic rings. The molecule has 88 valence electrons. The van der Waals surface area contributed by atoms with Gasteiger partial charge in [0, 0.05) is 11.9 Å². The van der Waals surface area contributed by atoms with E-state index in [1.54, 1.807) is 6.07 Å². The molecule has 0 unspecified atom stereocenters. The van der Waals surface area contributed by atoms with Gasteiger partial charge in [-0.3, -0.25) is 10.1 Å². The minimum atomic E-state index is -0.442. The van der Waals surface area contributed by atoms with Crippen LogP contribution >= 0.6 is 11.6 Å². The van der Waals surface area contributed by atoms with Crippen molar-refractivity contribution in [3.8, 4) is 11.5 Å². The highest BCUT2D eigenvalue weighted by Gasteiger charge is 2.22. The van der Waals surface area contributed by atoms with Crippen LogP contribution in [0.1, 0.15) is 26.2 Å². The van der Waals surface area contributed by atoms with Gasteiger partial charge in [-0.2, -0.15) is 0 Å². The first-order chi connectivity index (χ1) is 7.69. The van der Waals surface area contributed by atoms with E-state index in [0.29, 0.717) is 5.75 Å². The third-order valence-corrected chi connectivity index (χ3v) is 2.32. The van der Waals surface area contributed by atoms with E-state index in [1.165, 1.54) is 31.4 Å². The van der Waals surface area contributed by atoms with Crippen molar-refractivity contribution in [3.05, 3.63) is 28.3 Å². The molecular weight excluding hydrogens is 230 g/mol. The zero-order valence-electron chi connectivity index (χ0n) is 9.11. The van der Waals surface area contributed by atoms with Gasteiger partial charge in [0.1, 0.15) is 0 Å². The van der Waals surface area contributed by atoms with Crippen molar-refractivity contribution in [2.45, 2.75) is 26.2 Å². The SMILES string of the molecule is CCCCCCl.O=[N+]([O-])c1ccc2c(c1)O2. The first-order valence-electron chi connectivity index (χ1n) is 5.21. The van der Waals surface area contributed by atoms with Crippen molar-refractivity contribution < 1.29 is 9.66 Å². The van der Waals surface area contributed by atoms with Crippen molar-refractivity contribution >= 4 is 17.3 Å². The Bertz CT molecular complexity index is 364. The van der Waals surface area contributed by atoms with E-state index < -0.39 is 4.92 Å². The third-order valence-electron chi connectivity index (χ3n) is 2.05. The number of nitro benzene ring substituents is 1. The van der Waals surface area contributed by atoms with Gasteiger partial charge in [-0.05, 0) is 12.5 Å². The molecule has 0 aliphatic carbocycles. The van der Waals surface area contributed by atoms with Crippen LogP contribution in [0.2, 0.25) is 0 Å². The highest BCUT2D eigenvalue weighted by atomic mass is 35.5. The molecule has 16 heavy (non-hydrogen) atoms. The van der Waals surface area contributed by atoms with Crippen LogP contribution in [0.5, 0.6) is 11.5 Å². The van der Waals surface area contributed by atoms with E-state index in [1.807, 2.05) is 0 Å². The quantitative estimate of drug-likeness (QED) is 0.267. The molecule has 0 atom stereocenters. The van der Waals surface area contributed by atoms with Crippen LogP contribution in [0.3, 0.4) is 0 Å². The number of nitrogens with zero attached hydrogens (tertiary/aromatic N) is 1. The van der Waals surface area contributed by atoms with Crippen molar-refractivity contribution in [1.82, 2.24) is 0 Å². The first-order valence-corrected chi connectivity index (χ1v) is 5.74. The number of unbranched alkanes of at least 4 members (excludes halogenated alkanes) is 2. The molecule has 0 spiro atoms. The Morgan fingerprint density at radius 1 is 1.38 bits per heavy atom. The van der Waals surface area contributed by atoms with Gasteiger partial charge in [0.15, 0.2) is 11.5 Å². The molecule has 0 aromatic heterocycles. The molecule has 4 nitrogen and oxygen atoms in total. The lowest BCUT2D eigenvalue weighted by atomic mass is 10.3. The number of fused-ring (bicyclic) bond motifs is 1. The number of ether oxygens (including phenoxy) is 1. The standard InChI is InChI=1S/C6H3NO3.C5H11Cl/c8-7(9)4-1-2-5-6(3-4)10-5;1-2-3-4-5-6/h1-3H;2-5H2,1H3. The number of non-ortho nitro benzene ring substituents is 1. The van der Waals surface area contributed by atoms with Crippen molar-refractivity contribution in [1.29, 1.82) is 0 Å². The average Bonchev–Trinajstić information content (AvgIpc) is 3.04. The van der Waals surface area contributed by atoms with Crippen LogP contribution in [0.4, 0.5) is 5.69 Å². The summed E-state index contributed by atoms with van der Waals surface area (Å²) in [6, 6.07) is 4.43. The largest absolute Gasteiger partial charge is 0.449 e. The smallest absolute Gasteiger partial charge is 0.273 e. The maximum atomic E-state index is 10.1. The van der Waals surface area contributed by atoms with Gasteiger partial charge >= 0.3 is 0 Å². The molecule has 1 aliphatic rings. The number of rotatable bonds is 4. The van der Waals surface area contributed by atoms with Crippen molar-refractivity contribution in [2.75, 3.05) is 5.88 Å². The molecule has 0 saturated carbocycles. The Hall–Kier alpha value is -1.29. The van der Waals surface area contributed by atoms with Gasteiger partial charge in [-0.1, -0.05) is 19.8 Å². The molecule has 1 aliphatic heterocycles. The van der Waals surface area contributed by atoms with E-state index in [-0.39, 0.29) is 5.69 Å². The van der Waals surface area contributed by atoms with Crippen molar-refractivity contribution in [3.63, 3.8) is 0 Å². The van der Waals surface area contributed by atoms with Crippen LogP contribution in [-0.4, -0.2) is 10.8 Å². The van der Waals surface area contributed by atoms with E-state index in [2.05, 4.69) is 6.92 Å². The summed E-state index contributed by atoms with van der Waals surface area (Å²) >= 11 is 5.38. The molecule has 0 saturated heterocycles. The number of nitro groups is 1. The minimum absolute atomic E-state index is 0.0799. The summed E-state index contributed by atoms with van der Waals surface area (Å²) in [5.74, 6) is 2.19. The Labute approximate surface area is 99.3 Å². The molecule has 1 aromatic carbocycles. The monoisotopic (exact) mass is 243 g/mol. The number of hydrogen-bond donors (Lipinski definition) is 0. The van der Waals surface area contributed by atoms with Crippen LogP contribution in [-0.2, 0) is 0 Å². The van der Waals surface area contributed by atoms with Crippen LogP contribution in [0, 0.1) is 10.1 Å². The predicted molar refractivity (Wildman–Crippen MR) is 63.4 cm³/mol. The van der Waals surface area contributed by atoms with Gasteiger partial charge in [-0.15, -0.1) is 11.6 Å². The summed E-state index contributed by atoms with van der Waals surface area (Å²) in [5.41, 5.74) is 0.0799. The van der Waals surface area contributed by atoms with Crippen molar-refractivity contribution in [2.24, 2.45) is 0 Å². The maximum absolute atomic E-state index is 10.1. The summed E-state index contributed by atoms with van der Waals surface area (Å²) in [6.45, 7) is 2.17. The summed E-state index contributed by atoms with van der Waals surface area (Å²) in [5, 5.41) is 10.1. The fraction of sp³-hybridized carbons (Fsp3) is 0.455. The van der Waals surface area contributed by atoms with Crippen LogP contribution in [0.25, 0.3) is 0 Å². The maximum Gasteiger partial charge on any atom is 0.273 e. The average molecular weight is 244 g/mol. The molecule has 0 bridgehead atoms. The highest BCUT2D eigenvalue weighted by molar-refractivity contribution is 6.17.